The number of nitrogens with zero attached hydrogens (tertiary/aromatic N) is 1. The molecule has 1 aromatic carbocycles. The van der Waals surface area contributed by atoms with E-state index in [2.05, 4.69) is 10.6 Å². The van der Waals surface area contributed by atoms with Crippen LogP contribution in [0.1, 0.15) is 43.0 Å². The van der Waals surface area contributed by atoms with E-state index < -0.39 is 0 Å². The fourth-order valence-electron chi connectivity index (χ4n) is 2.65. The van der Waals surface area contributed by atoms with Crippen molar-refractivity contribution in [1.29, 1.82) is 0 Å². The molecule has 1 aliphatic heterocycles. The van der Waals surface area contributed by atoms with E-state index in [0.717, 1.165) is 32.3 Å². The monoisotopic (exact) mass is 367 g/mol. The number of amides is 3. The summed E-state index contributed by atoms with van der Waals surface area (Å²) in [6, 6.07) is 4.57. The highest BCUT2D eigenvalue weighted by Crippen LogP contribution is 2.23. The lowest BCUT2D eigenvalue weighted by molar-refractivity contribution is 0.00463. The molecule has 3 amide bonds. The molecule has 2 rings (SSSR count). The Morgan fingerprint density at radius 2 is 2.16 bits per heavy atom. The smallest absolute Gasteiger partial charge is 0.321 e. The number of likely N-dealkylation sites (N-methyl/N-ethyl adjacent to an activating group) is 1. The lowest BCUT2D eigenvalue weighted by atomic mass is 10.1. The zero-order valence-electron chi connectivity index (χ0n) is 14.8. The minimum Gasteiger partial charge on any atom is -0.376 e. The molecule has 1 fully saturated rings. The van der Waals surface area contributed by atoms with E-state index in [-0.39, 0.29) is 18.0 Å². The summed E-state index contributed by atoms with van der Waals surface area (Å²) in [4.78, 5) is 26.0. The van der Waals surface area contributed by atoms with E-state index in [1.165, 1.54) is 0 Å². The third-order valence-electron chi connectivity index (χ3n) is 4.10. The maximum Gasteiger partial charge on any atom is 0.321 e. The zero-order chi connectivity index (χ0) is 18.2. The average molecular weight is 368 g/mol. The second-order valence-electron chi connectivity index (χ2n) is 6.25. The maximum atomic E-state index is 12.4. The van der Waals surface area contributed by atoms with Crippen LogP contribution in [0.3, 0.4) is 0 Å². The Balaban J connectivity index is 1.97. The number of halogens is 1. The van der Waals surface area contributed by atoms with Crippen molar-refractivity contribution >= 4 is 29.2 Å². The van der Waals surface area contributed by atoms with Gasteiger partial charge in [-0.1, -0.05) is 18.5 Å². The molecule has 0 radical (unpaired) electrons. The van der Waals surface area contributed by atoms with Crippen LogP contribution in [-0.2, 0) is 4.74 Å². The van der Waals surface area contributed by atoms with Crippen molar-refractivity contribution < 1.29 is 14.3 Å². The average Bonchev–Trinajstić information content (AvgIpc) is 2.62. The molecule has 0 bridgehead atoms. The van der Waals surface area contributed by atoms with Gasteiger partial charge in [-0.3, -0.25) is 4.79 Å². The minimum atomic E-state index is -0.276. The van der Waals surface area contributed by atoms with Gasteiger partial charge in [-0.15, -0.1) is 0 Å². The summed E-state index contributed by atoms with van der Waals surface area (Å²) in [7, 11) is 1.72. The summed E-state index contributed by atoms with van der Waals surface area (Å²) in [6.07, 6.45) is 4.10. The number of nitrogens with one attached hydrogen (secondary N) is 2. The molecule has 138 valence electrons. The van der Waals surface area contributed by atoms with Crippen LogP contribution in [0.4, 0.5) is 10.5 Å². The van der Waals surface area contributed by atoms with Crippen molar-refractivity contribution in [2.75, 3.05) is 32.1 Å². The second-order valence-corrected chi connectivity index (χ2v) is 6.66. The molecule has 25 heavy (non-hydrogen) atoms. The molecule has 0 spiro atoms. The minimum absolute atomic E-state index is 0.0751. The lowest BCUT2D eigenvalue weighted by Crippen LogP contribution is -2.39. The van der Waals surface area contributed by atoms with Crippen molar-refractivity contribution in [1.82, 2.24) is 10.2 Å². The zero-order valence-corrected chi connectivity index (χ0v) is 15.6. The van der Waals surface area contributed by atoms with Gasteiger partial charge in [0, 0.05) is 32.3 Å². The van der Waals surface area contributed by atoms with Gasteiger partial charge in [0.1, 0.15) is 0 Å². The highest BCUT2D eigenvalue weighted by atomic mass is 35.5. The molecule has 0 saturated carbocycles. The van der Waals surface area contributed by atoms with Crippen LogP contribution in [0.15, 0.2) is 18.2 Å². The van der Waals surface area contributed by atoms with E-state index in [1.807, 2.05) is 6.92 Å². The standard InChI is InChI=1S/C18H26ClN3O3/c1-3-9-20-17(23)13-7-8-15(19)16(11-13)21-18(24)22(2)12-14-6-4-5-10-25-14/h7-8,11,14H,3-6,9-10,12H2,1-2H3,(H,20,23)(H,21,24)/t14-/m1/s1. The molecule has 2 N–H and O–H groups in total. The first-order valence-corrected chi connectivity index (χ1v) is 9.10. The summed E-state index contributed by atoms with van der Waals surface area (Å²) < 4.78 is 5.66. The van der Waals surface area contributed by atoms with Crippen LogP contribution >= 0.6 is 11.6 Å². The van der Waals surface area contributed by atoms with Gasteiger partial charge in [0.05, 0.1) is 16.8 Å². The molecule has 1 heterocycles. The highest BCUT2D eigenvalue weighted by molar-refractivity contribution is 6.33. The molecular weight excluding hydrogens is 342 g/mol. The van der Waals surface area contributed by atoms with Crippen LogP contribution in [0.5, 0.6) is 0 Å². The molecule has 0 aliphatic carbocycles. The van der Waals surface area contributed by atoms with Gasteiger partial charge in [0.25, 0.3) is 5.91 Å². The number of carbonyl (C=O) groups excluding carboxylic acids is 2. The molecule has 1 aliphatic rings. The normalized spacial score (nSPS) is 17.0. The molecular formula is C18H26ClN3O3. The number of rotatable bonds is 6. The Kier molecular flexibility index (Phi) is 7.52. The third kappa shape index (κ3) is 5.90. The highest BCUT2D eigenvalue weighted by Gasteiger charge is 2.19. The van der Waals surface area contributed by atoms with Crippen LogP contribution in [0.2, 0.25) is 5.02 Å². The molecule has 0 unspecified atom stereocenters. The first-order valence-electron chi connectivity index (χ1n) is 8.72. The van der Waals surface area contributed by atoms with Gasteiger partial charge in [0.15, 0.2) is 0 Å². The first kappa shape index (κ1) is 19.5. The van der Waals surface area contributed by atoms with Crippen molar-refractivity contribution in [3.63, 3.8) is 0 Å². The Morgan fingerprint density at radius 3 is 2.84 bits per heavy atom. The van der Waals surface area contributed by atoms with Gasteiger partial charge >= 0.3 is 6.03 Å². The molecule has 7 heteroatoms. The fraction of sp³-hybridized carbons (Fsp3) is 0.556. The Labute approximate surface area is 153 Å². The number of hydrogen-bond donors (Lipinski definition) is 2. The predicted molar refractivity (Wildman–Crippen MR) is 99.3 cm³/mol. The largest absolute Gasteiger partial charge is 0.376 e. The summed E-state index contributed by atoms with van der Waals surface area (Å²) in [6.45, 7) is 3.87. The van der Waals surface area contributed by atoms with Crippen LogP contribution in [0, 0.1) is 0 Å². The van der Waals surface area contributed by atoms with Gasteiger partial charge in [-0.05, 0) is 43.9 Å². The van der Waals surface area contributed by atoms with Crippen LogP contribution < -0.4 is 10.6 Å². The number of carbonyl (C=O) groups is 2. The Hall–Kier alpha value is -1.79. The Morgan fingerprint density at radius 1 is 1.36 bits per heavy atom. The van der Waals surface area contributed by atoms with Crippen molar-refractivity contribution in [3.05, 3.63) is 28.8 Å². The predicted octanol–water partition coefficient (Wildman–Crippen LogP) is 3.51. The third-order valence-corrected chi connectivity index (χ3v) is 4.43. The van der Waals surface area contributed by atoms with Gasteiger partial charge in [0.2, 0.25) is 0 Å². The van der Waals surface area contributed by atoms with Gasteiger partial charge in [-0.2, -0.15) is 0 Å². The molecule has 1 aromatic rings. The fourth-order valence-corrected chi connectivity index (χ4v) is 2.82. The summed E-state index contributed by atoms with van der Waals surface area (Å²) in [5.74, 6) is -0.182. The van der Waals surface area contributed by atoms with E-state index >= 15 is 0 Å². The van der Waals surface area contributed by atoms with Gasteiger partial charge < -0.3 is 20.3 Å². The van der Waals surface area contributed by atoms with E-state index in [0.29, 0.717) is 29.4 Å². The van der Waals surface area contributed by atoms with Crippen LogP contribution in [0.25, 0.3) is 0 Å². The summed E-state index contributed by atoms with van der Waals surface area (Å²) >= 11 is 6.16. The summed E-state index contributed by atoms with van der Waals surface area (Å²) in [5.41, 5.74) is 0.888. The molecule has 1 atom stereocenters. The SMILES string of the molecule is CCCNC(=O)c1ccc(Cl)c(NC(=O)N(C)C[C@H]2CCCCO2)c1. The number of benzene rings is 1. The van der Waals surface area contributed by atoms with E-state index in [1.54, 1.807) is 30.1 Å². The first-order chi connectivity index (χ1) is 12.0. The molecule has 0 aromatic heterocycles. The van der Waals surface area contributed by atoms with Crippen LogP contribution in [-0.4, -0.2) is 49.7 Å². The van der Waals surface area contributed by atoms with E-state index in [9.17, 15) is 9.59 Å². The summed E-state index contributed by atoms with van der Waals surface area (Å²) in [5, 5.41) is 5.97. The quantitative estimate of drug-likeness (QED) is 0.808. The van der Waals surface area contributed by atoms with Crippen molar-refractivity contribution in [3.8, 4) is 0 Å². The molecule has 1 saturated heterocycles. The number of hydrogen-bond acceptors (Lipinski definition) is 3. The topological polar surface area (TPSA) is 70.7 Å². The maximum absolute atomic E-state index is 12.4. The van der Waals surface area contributed by atoms with Gasteiger partial charge in [-0.25, -0.2) is 4.79 Å². The van der Waals surface area contributed by atoms with E-state index in [4.69, 9.17) is 16.3 Å². The van der Waals surface area contributed by atoms with Crippen molar-refractivity contribution in [2.45, 2.75) is 38.7 Å². The Bertz CT molecular complexity index is 603. The number of urea groups is 1. The lowest BCUT2D eigenvalue weighted by Gasteiger charge is -2.27. The molecule has 6 nitrogen and oxygen atoms in total. The second kappa shape index (κ2) is 9.63. The number of ether oxygens (including phenoxy) is 1. The number of anilines is 1. The van der Waals surface area contributed by atoms with Crippen molar-refractivity contribution in [2.24, 2.45) is 0 Å².